The van der Waals surface area contributed by atoms with Crippen molar-refractivity contribution < 1.29 is 18.6 Å². The van der Waals surface area contributed by atoms with E-state index in [1.165, 1.54) is 12.1 Å². The molecule has 0 bridgehead atoms. The van der Waals surface area contributed by atoms with Crippen LogP contribution in [0, 0.1) is 5.82 Å². The van der Waals surface area contributed by atoms with Crippen LogP contribution in [0.4, 0.5) is 22.0 Å². The first-order valence-corrected chi connectivity index (χ1v) is 10.7. The first-order valence-electron chi connectivity index (χ1n) is 10.7. The van der Waals surface area contributed by atoms with E-state index in [4.69, 9.17) is 19.9 Å². The fourth-order valence-electron chi connectivity index (χ4n) is 3.83. The largest absolute Gasteiger partial charge is 0.496 e. The first-order chi connectivity index (χ1) is 16.5. The summed E-state index contributed by atoms with van der Waals surface area (Å²) < 4.78 is 29.7. The number of hydrogen-bond donors (Lipinski definition) is 2. The quantitative estimate of drug-likeness (QED) is 0.514. The maximum atomic E-state index is 13.2. The number of nitrogens with two attached hydrogens (primary N) is 1. The predicted octanol–water partition coefficient (Wildman–Crippen LogP) is 3.65. The van der Waals surface area contributed by atoms with Gasteiger partial charge in [-0.1, -0.05) is 6.08 Å². The highest BCUT2D eigenvalue weighted by Gasteiger charge is 2.21. The zero-order valence-corrected chi connectivity index (χ0v) is 19.3. The van der Waals surface area contributed by atoms with E-state index in [9.17, 15) is 4.39 Å². The molecule has 1 aliphatic heterocycles. The van der Waals surface area contributed by atoms with Crippen molar-refractivity contribution in [2.24, 2.45) is 0 Å². The Labute approximate surface area is 197 Å². The lowest BCUT2D eigenvalue weighted by atomic mass is 9.97. The zero-order chi connectivity index (χ0) is 24.1. The Kier molecular flexibility index (Phi) is 7.07. The second-order valence-electron chi connectivity index (χ2n) is 7.69. The highest BCUT2D eigenvalue weighted by molar-refractivity contribution is 5.77. The lowest BCUT2D eigenvalue weighted by Gasteiger charge is -2.27. The van der Waals surface area contributed by atoms with Crippen LogP contribution in [0.2, 0.25) is 0 Å². The van der Waals surface area contributed by atoms with Crippen molar-refractivity contribution in [2.75, 3.05) is 45.5 Å². The molecule has 0 radical (unpaired) electrons. The molecule has 1 aromatic heterocycles. The van der Waals surface area contributed by atoms with Gasteiger partial charge in [-0.25, -0.2) is 4.39 Å². The number of nitrogens with one attached hydrogen (secondary N) is 1. The number of aromatic nitrogens is 3. The van der Waals surface area contributed by atoms with Gasteiger partial charge in [-0.3, -0.25) is 4.90 Å². The molecule has 4 rings (SSSR count). The summed E-state index contributed by atoms with van der Waals surface area (Å²) in [4.78, 5) is 15.1. The Morgan fingerprint density at radius 3 is 2.29 bits per heavy atom. The van der Waals surface area contributed by atoms with E-state index < -0.39 is 0 Å². The monoisotopic (exact) mass is 466 g/mol. The summed E-state index contributed by atoms with van der Waals surface area (Å²) in [5.41, 5.74) is 8.63. The second kappa shape index (κ2) is 10.3. The fourth-order valence-corrected chi connectivity index (χ4v) is 3.83. The minimum atomic E-state index is -0.316. The number of hydrogen-bond acceptors (Lipinski definition) is 9. The van der Waals surface area contributed by atoms with Crippen LogP contribution in [0.5, 0.6) is 17.2 Å². The van der Waals surface area contributed by atoms with Crippen molar-refractivity contribution in [2.45, 2.75) is 13.0 Å². The minimum Gasteiger partial charge on any atom is -0.496 e. The third kappa shape index (κ3) is 5.34. The zero-order valence-electron chi connectivity index (χ0n) is 19.3. The number of rotatable bonds is 8. The van der Waals surface area contributed by atoms with E-state index >= 15 is 0 Å². The number of halogens is 1. The molecule has 0 fully saturated rings. The van der Waals surface area contributed by atoms with E-state index in [-0.39, 0.29) is 11.8 Å². The molecule has 3 N–H and O–H groups in total. The minimum absolute atomic E-state index is 0.121. The molecule has 9 nitrogen and oxygen atoms in total. The summed E-state index contributed by atoms with van der Waals surface area (Å²) in [5, 5.41) is 3.04. The summed E-state index contributed by atoms with van der Waals surface area (Å²) >= 11 is 0. The molecule has 2 heterocycles. The van der Waals surface area contributed by atoms with E-state index in [1.54, 1.807) is 33.5 Å². The Hall–Kier alpha value is -3.92. The predicted molar refractivity (Wildman–Crippen MR) is 128 cm³/mol. The van der Waals surface area contributed by atoms with Crippen molar-refractivity contribution in [3.63, 3.8) is 0 Å². The molecule has 10 heteroatoms. The van der Waals surface area contributed by atoms with Gasteiger partial charge in [0.05, 0.1) is 33.4 Å². The first kappa shape index (κ1) is 23.2. The molecule has 0 atom stereocenters. The highest BCUT2D eigenvalue weighted by atomic mass is 19.1. The van der Waals surface area contributed by atoms with Crippen LogP contribution in [-0.2, 0) is 6.54 Å². The summed E-state index contributed by atoms with van der Waals surface area (Å²) in [6, 6.07) is 9.64. The van der Waals surface area contributed by atoms with Gasteiger partial charge >= 0.3 is 0 Å². The molecular weight excluding hydrogens is 439 g/mol. The van der Waals surface area contributed by atoms with E-state index in [1.807, 2.05) is 12.1 Å². The maximum Gasteiger partial charge on any atom is 0.232 e. The Morgan fingerprint density at radius 2 is 1.71 bits per heavy atom. The van der Waals surface area contributed by atoms with Crippen LogP contribution >= 0.6 is 0 Å². The molecule has 0 saturated carbocycles. The van der Waals surface area contributed by atoms with Gasteiger partial charge in [-0.2, -0.15) is 15.0 Å². The Bertz CT molecular complexity index is 1160. The normalized spacial score (nSPS) is 13.8. The van der Waals surface area contributed by atoms with Crippen molar-refractivity contribution in [3.8, 4) is 17.2 Å². The van der Waals surface area contributed by atoms with Gasteiger partial charge < -0.3 is 25.3 Å². The highest BCUT2D eigenvalue weighted by Crippen LogP contribution is 2.40. The Balaban J connectivity index is 1.48. The van der Waals surface area contributed by atoms with Gasteiger partial charge in [-0.15, -0.1) is 0 Å². The van der Waals surface area contributed by atoms with E-state index in [0.29, 0.717) is 47.8 Å². The summed E-state index contributed by atoms with van der Waals surface area (Å²) in [7, 11) is 4.88. The van der Waals surface area contributed by atoms with Gasteiger partial charge in [-0.05, 0) is 36.3 Å². The second-order valence-corrected chi connectivity index (χ2v) is 7.69. The fraction of sp³-hybridized carbons (Fsp3) is 0.292. The van der Waals surface area contributed by atoms with Crippen molar-refractivity contribution >= 4 is 23.2 Å². The average Bonchev–Trinajstić information content (AvgIpc) is 2.84. The lowest BCUT2D eigenvalue weighted by Crippen LogP contribution is -2.29. The van der Waals surface area contributed by atoms with Gasteiger partial charge in [0.15, 0.2) is 0 Å². The molecule has 0 spiro atoms. The third-order valence-electron chi connectivity index (χ3n) is 5.49. The molecule has 2 aromatic carbocycles. The van der Waals surface area contributed by atoms with Gasteiger partial charge in [0.25, 0.3) is 0 Å². The van der Waals surface area contributed by atoms with Crippen molar-refractivity contribution in [1.82, 2.24) is 19.9 Å². The third-order valence-corrected chi connectivity index (χ3v) is 5.49. The van der Waals surface area contributed by atoms with Crippen LogP contribution in [0.3, 0.4) is 0 Å². The van der Waals surface area contributed by atoms with Crippen LogP contribution in [0.15, 0.2) is 42.5 Å². The van der Waals surface area contributed by atoms with Gasteiger partial charge in [0, 0.05) is 30.9 Å². The van der Waals surface area contributed by atoms with Crippen molar-refractivity contribution in [1.29, 1.82) is 0 Å². The molecule has 1 aliphatic rings. The van der Waals surface area contributed by atoms with Crippen LogP contribution in [0.25, 0.3) is 5.57 Å². The Morgan fingerprint density at radius 1 is 1.00 bits per heavy atom. The molecular formula is C24H27FN6O3. The average molecular weight is 467 g/mol. The molecule has 34 heavy (non-hydrogen) atoms. The number of anilines is 3. The topological polar surface area (TPSA) is 108 Å². The maximum absolute atomic E-state index is 13.2. The summed E-state index contributed by atoms with van der Waals surface area (Å²) in [6.45, 7) is 1.99. The molecule has 0 amide bonds. The van der Waals surface area contributed by atoms with Crippen LogP contribution < -0.4 is 25.3 Å². The number of benzene rings is 2. The van der Waals surface area contributed by atoms with Crippen LogP contribution in [-0.4, -0.2) is 54.3 Å². The summed E-state index contributed by atoms with van der Waals surface area (Å²) in [6.07, 6.45) is 2.94. The number of nitrogen functional groups attached to an aromatic ring is 1. The van der Waals surface area contributed by atoms with Crippen molar-refractivity contribution in [3.05, 3.63) is 59.7 Å². The standard InChI is InChI=1S/C24H27FN6O3/c1-32-18-12-19(33-2)22(20(13-18)34-3)15-8-10-31(11-9-15)14-21-28-23(26)30-24(29-21)27-17-6-4-16(25)5-7-17/h4-8,12-13H,9-11,14H2,1-3H3,(H3,26,27,28,29,30). The molecule has 178 valence electrons. The summed E-state index contributed by atoms with van der Waals surface area (Å²) in [5.74, 6) is 2.76. The number of methoxy groups -OCH3 is 3. The number of nitrogens with zero attached hydrogens (tertiary/aromatic N) is 4. The van der Waals surface area contributed by atoms with E-state index in [2.05, 4.69) is 31.2 Å². The molecule has 0 unspecified atom stereocenters. The molecule has 3 aromatic rings. The van der Waals surface area contributed by atoms with Gasteiger partial charge in [0.1, 0.15) is 28.9 Å². The van der Waals surface area contributed by atoms with Crippen LogP contribution in [0.1, 0.15) is 17.8 Å². The molecule has 0 saturated heterocycles. The smallest absolute Gasteiger partial charge is 0.232 e. The van der Waals surface area contributed by atoms with Gasteiger partial charge in [0.2, 0.25) is 11.9 Å². The number of ether oxygens (including phenoxy) is 3. The lowest BCUT2D eigenvalue weighted by molar-refractivity contribution is 0.286. The van der Waals surface area contributed by atoms with E-state index in [0.717, 1.165) is 24.1 Å². The molecule has 0 aliphatic carbocycles. The SMILES string of the molecule is COc1cc(OC)c(C2=CCN(Cc3nc(N)nc(Nc4ccc(F)cc4)n3)CC2)c(OC)c1.